The molecule has 0 saturated heterocycles. The summed E-state index contributed by atoms with van der Waals surface area (Å²) in [6, 6.07) is 8.00. The summed E-state index contributed by atoms with van der Waals surface area (Å²) in [5, 5.41) is 20.4. The van der Waals surface area contributed by atoms with E-state index in [9.17, 15) is 0 Å². The molecule has 0 radical (unpaired) electrons. The van der Waals surface area contributed by atoms with Gasteiger partial charge in [0.2, 0.25) is 0 Å². The maximum atomic E-state index is 5.16. The van der Waals surface area contributed by atoms with E-state index in [-0.39, 0.29) is 29.5 Å². The van der Waals surface area contributed by atoms with Crippen molar-refractivity contribution in [2.75, 3.05) is 13.1 Å². The first kappa shape index (κ1) is 25.7. The summed E-state index contributed by atoms with van der Waals surface area (Å²) >= 11 is 0.00694. The van der Waals surface area contributed by atoms with Crippen LogP contribution in [0.15, 0.2) is 18.2 Å². The van der Waals surface area contributed by atoms with Gasteiger partial charge in [0.05, 0.1) is 0 Å². The quantitative estimate of drug-likeness (QED) is 0.321. The molecule has 5 nitrogen and oxygen atoms in total. The summed E-state index contributed by atoms with van der Waals surface area (Å²) in [5.74, 6) is 0. The molecular weight excluding hydrogens is 472 g/mol. The standard InChI is InChI=1S/C23H35N5.2ClH.Mn.3H2/c1-16-18-12-7-13-19(28-18)17(2)27-23-11-6-4-9-21(23)25-15-14-24-20-8-3-5-10-22(20)26-16;;;;;;/h7,12-13,16-17,20-23H,3-6,8-11,14-15H2,1-2H3;2*1H;;3*1H/q-4;;;+2;;;/p-2/t16-,17-,20+,21?,22+,23?;;;;;;/m0....../s1. The fourth-order valence-corrected chi connectivity index (χ4v) is 5.07. The van der Waals surface area contributed by atoms with Crippen molar-refractivity contribution in [3.63, 3.8) is 0 Å². The maximum Gasteiger partial charge on any atom is 0 e. The normalized spacial score (nSPS) is 34.7. The minimum Gasteiger partial charge on any atom is 0 e. The molecule has 2 saturated carbocycles. The third-order valence-corrected chi connectivity index (χ3v) is 6.69. The Hall–Kier alpha value is 0.0895. The summed E-state index contributed by atoms with van der Waals surface area (Å²) in [6.45, 7) is 6.06. The summed E-state index contributed by atoms with van der Waals surface area (Å²) in [4.78, 5) is 4.97. The van der Waals surface area contributed by atoms with Gasteiger partial charge in [0.15, 0.2) is 0 Å². The number of hydrogen-bond donors (Lipinski definition) is 0. The molecule has 8 heteroatoms. The van der Waals surface area contributed by atoms with Crippen molar-refractivity contribution in [2.45, 2.75) is 101 Å². The fraction of sp³-hybridized carbons (Fsp3) is 0.783. The Morgan fingerprint density at radius 1 is 0.774 bits per heavy atom. The molecule has 4 rings (SSSR count). The molecule has 2 bridgehead atoms. The molecule has 2 aliphatic carbocycles. The zero-order valence-corrected chi connectivity index (χ0v) is 21.3. The van der Waals surface area contributed by atoms with Crippen LogP contribution in [0.1, 0.15) is 93.0 Å². The molecule has 0 aromatic carbocycles. The van der Waals surface area contributed by atoms with Crippen LogP contribution < -0.4 is 0 Å². The summed E-state index contributed by atoms with van der Waals surface area (Å²) in [5.41, 5.74) is 2.15. The number of nitrogens with zero attached hydrogens (tertiary/aromatic N) is 5. The van der Waals surface area contributed by atoms with Crippen LogP contribution >= 0.6 is 20.2 Å². The molecule has 0 amide bonds. The monoisotopic (exact) mass is 512 g/mol. The second kappa shape index (κ2) is 13.7. The molecule has 183 valence electrons. The molecule has 1 aromatic rings. The minimum absolute atomic E-state index is 0. The van der Waals surface area contributed by atoms with E-state index < -0.39 is 0 Å². The number of halogens is 2. The number of rotatable bonds is 0. The van der Waals surface area contributed by atoms with Gasteiger partial charge < -0.3 is 21.3 Å². The van der Waals surface area contributed by atoms with Gasteiger partial charge in [-0.25, -0.2) is 0 Å². The molecule has 2 fully saturated rings. The van der Waals surface area contributed by atoms with Gasteiger partial charge in [0.1, 0.15) is 0 Å². The van der Waals surface area contributed by atoms with E-state index in [2.05, 4.69) is 32.0 Å². The van der Waals surface area contributed by atoms with Crippen LogP contribution in [0.4, 0.5) is 0 Å². The van der Waals surface area contributed by atoms with Gasteiger partial charge in [-0.3, -0.25) is 4.98 Å². The van der Waals surface area contributed by atoms with Gasteiger partial charge in [0, 0.05) is 15.7 Å². The molecule has 31 heavy (non-hydrogen) atoms. The largest absolute Gasteiger partial charge is 0 e. The van der Waals surface area contributed by atoms with Crippen LogP contribution in [0.25, 0.3) is 21.3 Å². The van der Waals surface area contributed by atoms with Gasteiger partial charge in [-0.2, -0.15) is 37.3 Å². The van der Waals surface area contributed by atoms with Crippen LogP contribution in [0.2, 0.25) is 0 Å². The predicted molar refractivity (Wildman–Crippen MR) is 134 cm³/mol. The topological polar surface area (TPSA) is 69.3 Å². The molecule has 0 spiro atoms. The van der Waals surface area contributed by atoms with E-state index in [1.165, 1.54) is 38.5 Å². The Morgan fingerprint density at radius 2 is 1.16 bits per heavy atom. The van der Waals surface area contributed by atoms with E-state index in [0.29, 0.717) is 24.2 Å². The Bertz CT molecular complexity index is 618. The second-order valence-electron chi connectivity index (χ2n) is 8.84. The zero-order chi connectivity index (χ0) is 22.1. The van der Waals surface area contributed by atoms with Crippen molar-refractivity contribution in [1.82, 2.24) is 4.98 Å². The Labute approximate surface area is 207 Å². The summed E-state index contributed by atoms with van der Waals surface area (Å²) in [6.07, 6.45) is 9.76. The van der Waals surface area contributed by atoms with Gasteiger partial charge in [-0.15, -0.1) is 0 Å². The molecule has 2 unspecified atom stereocenters. The van der Waals surface area contributed by atoms with Crippen molar-refractivity contribution < 1.29 is 17.4 Å². The van der Waals surface area contributed by atoms with Crippen LogP contribution in [-0.2, 0) is 13.1 Å². The molecule has 0 N–H and O–H groups in total. The van der Waals surface area contributed by atoms with Crippen LogP contribution in [-0.4, -0.2) is 42.2 Å². The van der Waals surface area contributed by atoms with E-state index in [1.807, 2.05) is 0 Å². The predicted octanol–water partition coefficient (Wildman–Crippen LogP) is 8.45. The number of aromatic nitrogens is 1. The minimum atomic E-state index is 0. The van der Waals surface area contributed by atoms with Crippen molar-refractivity contribution in [1.29, 1.82) is 0 Å². The first-order valence-electron chi connectivity index (χ1n) is 11.7. The fourth-order valence-electron chi connectivity index (χ4n) is 5.07. The van der Waals surface area contributed by atoms with E-state index in [4.69, 9.17) is 46.4 Å². The van der Waals surface area contributed by atoms with Crippen LogP contribution in [0, 0.1) is 0 Å². The average molecular weight is 513 g/mol. The molecule has 6 atom stereocenters. The summed E-state index contributed by atoms with van der Waals surface area (Å²) in [7, 11) is 9.59. The van der Waals surface area contributed by atoms with Crippen molar-refractivity contribution in [2.24, 2.45) is 0 Å². The Kier molecular flexibility index (Phi) is 11.4. The molecular formula is C23H41Cl2MnN5-4. The van der Waals surface area contributed by atoms with Crippen LogP contribution in [0.5, 0.6) is 0 Å². The third-order valence-electron chi connectivity index (χ3n) is 6.69. The van der Waals surface area contributed by atoms with E-state index in [1.54, 1.807) is 0 Å². The molecule has 1 aromatic heterocycles. The molecule has 1 aliphatic heterocycles. The zero-order valence-electron chi connectivity index (χ0n) is 18.6. The first-order valence-corrected chi connectivity index (χ1v) is 14.9. The molecule has 2 heterocycles. The van der Waals surface area contributed by atoms with Crippen molar-refractivity contribution in [3.8, 4) is 0 Å². The second-order valence-corrected chi connectivity index (χ2v) is 10.8. The summed E-state index contributed by atoms with van der Waals surface area (Å²) < 4.78 is 0. The van der Waals surface area contributed by atoms with Gasteiger partial charge in [-0.1, -0.05) is 83.4 Å². The number of fused-ring (bicyclic) bond motifs is 4. The Morgan fingerprint density at radius 3 is 1.58 bits per heavy atom. The number of pyridine rings is 1. The van der Waals surface area contributed by atoms with E-state index in [0.717, 1.165) is 37.3 Å². The van der Waals surface area contributed by atoms with Gasteiger partial charge in [0.25, 0.3) is 0 Å². The van der Waals surface area contributed by atoms with Crippen molar-refractivity contribution >= 4 is 20.2 Å². The Balaban J connectivity index is 0.00000173. The smallest absolute Gasteiger partial charge is 0 e. The van der Waals surface area contributed by atoms with Gasteiger partial charge in [-0.05, 0) is 12.1 Å². The third kappa shape index (κ3) is 7.82. The average Bonchev–Trinajstić information content (AvgIpc) is 2.79. The van der Waals surface area contributed by atoms with E-state index >= 15 is 0 Å². The maximum absolute atomic E-state index is 5.16. The first-order chi connectivity index (χ1) is 15.1. The number of hydrogen-bond acceptors (Lipinski definition) is 1. The van der Waals surface area contributed by atoms with Crippen LogP contribution in [0.3, 0.4) is 0 Å². The van der Waals surface area contributed by atoms with Gasteiger partial charge >= 0.3 is 33.3 Å². The van der Waals surface area contributed by atoms with Crippen molar-refractivity contribution in [3.05, 3.63) is 50.9 Å². The molecule has 3 aliphatic rings. The SMILES string of the molecule is C[C@@H]1[N-]C2CCCCC2[N-]CC[N-][C@@H]2CCCC[C@H]2[N-][C@@H](C)c2cccc1n2.[Cl][Mn][Cl].[HH].[HH].[HH].